The molecule has 0 spiro atoms. The van der Waals surface area contributed by atoms with Crippen LogP contribution in [0.3, 0.4) is 0 Å². The van der Waals surface area contributed by atoms with E-state index in [4.69, 9.17) is 0 Å². The SMILES string of the molecule is C1=CC2C3C=CC4C1C1CC4C3CC21. The first-order valence-electron chi connectivity index (χ1n) is 6.30. The third-order valence-electron chi connectivity index (χ3n) is 6.17. The van der Waals surface area contributed by atoms with Gasteiger partial charge in [-0.15, -0.1) is 0 Å². The van der Waals surface area contributed by atoms with Crippen LogP contribution in [0.25, 0.3) is 0 Å². The van der Waals surface area contributed by atoms with Crippen molar-refractivity contribution in [2.24, 2.45) is 47.3 Å². The van der Waals surface area contributed by atoms with Gasteiger partial charge >= 0.3 is 0 Å². The molecule has 8 unspecified atom stereocenters. The van der Waals surface area contributed by atoms with Crippen molar-refractivity contribution in [2.45, 2.75) is 12.8 Å². The second kappa shape index (κ2) is 1.89. The molecule has 3 saturated carbocycles. The molecule has 0 radical (unpaired) electrons. The van der Waals surface area contributed by atoms with E-state index in [1.807, 2.05) is 0 Å². The Balaban J connectivity index is 1.88. The van der Waals surface area contributed by atoms with E-state index in [0.717, 1.165) is 47.3 Å². The molecule has 3 fully saturated rings. The van der Waals surface area contributed by atoms with E-state index in [1.54, 1.807) is 12.8 Å². The lowest BCUT2D eigenvalue weighted by atomic mass is 9.66. The molecule has 0 saturated heterocycles. The maximum Gasteiger partial charge on any atom is -0.0136 e. The molecule has 0 heteroatoms. The minimum Gasteiger partial charge on any atom is -0.0842 e. The van der Waals surface area contributed by atoms with E-state index in [1.165, 1.54) is 0 Å². The molecule has 8 bridgehead atoms. The molecule has 14 heavy (non-hydrogen) atoms. The summed E-state index contributed by atoms with van der Waals surface area (Å²) in [4.78, 5) is 0. The van der Waals surface area contributed by atoms with Crippen LogP contribution in [0, 0.1) is 47.3 Å². The largest absolute Gasteiger partial charge is 0.0842 e. The van der Waals surface area contributed by atoms with E-state index in [-0.39, 0.29) is 0 Å². The van der Waals surface area contributed by atoms with Crippen LogP contribution in [-0.4, -0.2) is 0 Å². The van der Waals surface area contributed by atoms with Crippen LogP contribution >= 0.6 is 0 Å². The summed E-state index contributed by atoms with van der Waals surface area (Å²) < 4.78 is 0. The Morgan fingerprint density at radius 2 is 0.786 bits per heavy atom. The van der Waals surface area contributed by atoms with Gasteiger partial charge in [0.15, 0.2) is 0 Å². The zero-order valence-corrected chi connectivity index (χ0v) is 8.34. The van der Waals surface area contributed by atoms with Crippen molar-refractivity contribution in [1.82, 2.24) is 0 Å². The lowest BCUT2D eigenvalue weighted by molar-refractivity contribution is 0.210. The Morgan fingerprint density at radius 1 is 0.500 bits per heavy atom. The minimum absolute atomic E-state index is 0.948. The topological polar surface area (TPSA) is 0 Å². The molecular weight excluding hydrogens is 168 g/mol. The summed E-state index contributed by atoms with van der Waals surface area (Å²) in [5, 5.41) is 0. The van der Waals surface area contributed by atoms with E-state index < -0.39 is 0 Å². The maximum absolute atomic E-state index is 2.59. The number of rotatable bonds is 0. The predicted molar refractivity (Wildman–Crippen MR) is 55.4 cm³/mol. The van der Waals surface area contributed by atoms with Gasteiger partial charge in [0.1, 0.15) is 0 Å². The fourth-order valence-corrected chi connectivity index (χ4v) is 5.84. The van der Waals surface area contributed by atoms with Crippen molar-refractivity contribution >= 4 is 0 Å². The smallest absolute Gasteiger partial charge is 0.0136 e. The first-order valence-corrected chi connectivity index (χ1v) is 6.30. The molecule has 0 amide bonds. The fraction of sp³-hybridized carbons (Fsp3) is 0.714. The van der Waals surface area contributed by atoms with Gasteiger partial charge in [-0.1, -0.05) is 24.3 Å². The van der Waals surface area contributed by atoms with Gasteiger partial charge < -0.3 is 0 Å². The number of allylic oxidation sites excluding steroid dienone is 4. The van der Waals surface area contributed by atoms with E-state index in [2.05, 4.69) is 24.3 Å². The summed E-state index contributed by atoms with van der Waals surface area (Å²) in [6.45, 7) is 0. The summed E-state index contributed by atoms with van der Waals surface area (Å²) in [7, 11) is 0. The normalized spacial score (nSPS) is 69.7. The quantitative estimate of drug-likeness (QED) is 0.508. The summed E-state index contributed by atoms with van der Waals surface area (Å²) in [5.74, 6) is 8.15. The first-order chi connectivity index (χ1) is 6.93. The molecule has 0 aliphatic heterocycles. The van der Waals surface area contributed by atoms with Crippen LogP contribution in [0.15, 0.2) is 24.3 Å². The zero-order valence-electron chi connectivity index (χ0n) is 8.34. The lowest BCUT2D eigenvalue weighted by Gasteiger charge is -2.38. The standard InChI is InChI=1S/C14H16/c1-2-8-10-4-3-9-7(1)11-5-13(9)14(10)6-12(8)11/h1-4,7-14H,5-6H2. The third kappa shape index (κ3) is 0.515. The average molecular weight is 184 g/mol. The van der Waals surface area contributed by atoms with Crippen LogP contribution in [0.1, 0.15) is 12.8 Å². The number of hydrogen-bond donors (Lipinski definition) is 0. The Bertz CT molecular complexity index is 296. The van der Waals surface area contributed by atoms with Crippen molar-refractivity contribution in [1.29, 1.82) is 0 Å². The average Bonchev–Trinajstić information content (AvgIpc) is 2.69. The molecule has 0 nitrogen and oxygen atoms in total. The molecular formula is C14H16. The highest BCUT2D eigenvalue weighted by molar-refractivity contribution is 5.28. The van der Waals surface area contributed by atoms with Crippen molar-refractivity contribution in [3.05, 3.63) is 24.3 Å². The van der Waals surface area contributed by atoms with Crippen LogP contribution in [0.5, 0.6) is 0 Å². The Hall–Kier alpha value is -0.520. The van der Waals surface area contributed by atoms with Gasteiger partial charge in [-0.3, -0.25) is 0 Å². The monoisotopic (exact) mass is 184 g/mol. The van der Waals surface area contributed by atoms with Crippen molar-refractivity contribution in [2.75, 3.05) is 0 Å². The van der Waals surface area contributed by atoms with Gasteiger partial charge in [0.25, 0.3) is 0 Å². The highest BCUT2D eigenvalue weighted by Gasteiger charge is 2.62. The number of hydrogen-bond acceptors (Lipinski definition) is 0. The van der Waals surface area contributed by atoms with Gasteiger partial charge in [-0.05, 0) is 60.2 Å². The highest BCUT2D eigenvalue weighted by Crippen LogP contribution is 2.69. The molecule has 5 aliphatic rings. The van der Waals surface area contributed by atoms with Crippen LogP contribution < -0.4 is 0 Å². The van der Waals surface area contributed by atoms with Gasteiger partial charge in [0.2, 0.25) is 0 Å². The summed E-state index contributed by atoms with van der Waals surface area (Å²) in [5.41, 5.74) is 0. The van der Waals surface area contributed by atoms with E-state index >= 15 is 0 Å². The molecule has 0 heterocycles. The summed E-state index contributed by atoms with van der Waals surface area (Å²) >= 11 is 0. The first kappa shape index (κ1) is 6.87. The molecule has 8 atom stereocenters. The fourth-order valence-electron chi connectivity index (χ4n) is 5.84. The van der Waals surface area contributed by atoms with Gasteiger partial charge in [0, 0.05) is 0 Å². The van der Waals surface area contributed by atoms with Crippen molar-refractivity contribution < 1.29 is 0 Å². The lowest BCUT2D eigenvalue weighted by Crippen LogP contribution is -2.32. The van der Waals surface area contributed by atoms with Crippen molar-refractivity contribution in [3.63, 3.8) is 0 Å². The Labute approximate surface area is 85.1 Å². The molecule has 5 rings (SSSR count). The third-order valence-corrected chi connectivity index (χ3v) is 6.17. The van der Waals surface area contributed by atoms with Crippen molar-refractivity contribution in [3.8, 4) is 0 Å². The Kier molecular flexibility index (Phi) is 0.929. The molecule has 0 aromatic rings. The zero-order chi connectivity index (χ0) is 8.86. The molecule has 72 valence electrons. The molecule has 0 aromatic heterocycles. The van der Waals surface area contributed by atoms with Gasteiger partial charge in [-0.2, -0.15) is 0 Å². The van der Waals surface area contributed by atoms with Crippen LogP contribution in [0.4, 0.5) is 0 Å². The Morgan fingerprint density at radius 3 is 1.07 bits per heavy atom. The van der Waals surface area contributed by atoms with Gasteiger partial charge in [-0.25, -0.2) is 0 Å². The highest BCUT2D eigenvalue weighted by atomic mass is 14.7. The molecule has 0 N–H and O–H groups in total. The van der Waals surface area contributed by atoms with Crippen LogP contribution in [-0.2, 0) is 0 Å². The summed E-state index contributed by atoms with van der Waals surface area (Å²) in [6.07, 6.45) is 13.5. The van der Waals surface area contributed by atoms with Crippen LogP contribution in [0.2, 0.25) is 0 Å². The van der Waals surface area contributed by atoms with Gasteiger partial charge in [0.05, 0.1) is 0 Å². The predicted octanol–water partition coefficient (Wildman–Crippen LogP) is 2.88. The minimum atomic E-state index is 0.948. The second-order valence-electron chi connectivity index (χ2n) is 6.21. The summed E-state index contributed by atoms with van der Waals surface area (Å²) in [6, 6.07) is 0. The van der Waals surface area contributed by atoms with E-state index in [9.17, 15) is 0 Å². The molecule has 5 aliphatic carbocycles. The maximum atomic E-state index is 2.59. The van der Waals surface area contributed by atoms with E-state index in [0.29, 0.717) is 0 Å². The second-order valence-corrected chi connectivity index (χ2v) is 6.21. The molecule has 0 aromatic carbocycles.